The van der Waals surface area contributed by atoms with Crippen LogP contribution in [0.1, 0.15) is 29.7 Å². The molecule has 2 aliphatic rings. The van der Waals surface area contributed by atoms with Gasteiger partial charge in [0.05, 0.1) is 0 Å². The fourth-order valence-electron chi connectivity index (χ4n) is 2.46. The van der Waals surface area contributed by atoms with E-state index in [1.807, 2.05) is 16.2 Å². The van der Waals surface area contributed by atoms with Gasteiger partial charge in [-0.25, -0.2) is 0 Å². The van der Waals surface area contributed by atoms with Crippen LogP contribution < -0.4 is 0 Å². The van der Waals surface area contributed by atoms with Crippen molar-refractivity contribution in [1.29, 1.82) is 0 Å². The highest BCUT2D eigenvalue weighted by Gasteiger charge is 2.43. The topological polar surface area (TPSA) is 20.3 Å². The molecule has 1 saturated carbocycles. The number of carbonyl (C=O) groups excluding carboxylic acids is 1. The zero-order chi connectivity index (χ0) is 11.9. The molecular weight excluding hydrogens is 250 g/mol. The van der Waals surface area contributed by atoms with E-state index >= 15 is 0 Å². The Labute approximate surface area is 111 Å². The number of thiol groups is 1. The van der Waals surface area contributed by atoms with E-state index in [9.17, 15) is 4.79 Å². The second-order valence-corrected chi connectivity index (χ2v) is 6.59. The SMILES string of the molecule is O=C(CC1(CS)CC1)N1CCc2sccc2C1. The van der Waals surface area contributed by atoms with Crippen LogP contribution in [-0.2, 0) is 17.8 Å². The number of amides is 1. The summed E-state index contributed by atoms with van der Waals surface area (Å²) in [7, 11) is 0. The second-order valence-electron chi connectivity index (χ2n) is 5.27. The van der Waals surface area contributed by atoms with Crippen LogP contribution in [0.4, 0.5) is 0 Å². The maximum absolute atomic E-state index is 12.2. The quantitative estimate of drug-likeness (QED) is 0.835. The average Bonchev–Trinajstić information content (AvgIpc) is 2.96. The largest absolute Gasteiger partial charge is 0.338 e. The fourth-order valence-corrected chi connectivity index (χ4v) is 3.78. The summed E-state index contributed by atoms with van der Waals surface area (Å²) in [6.45, 7) is 1.72. The molecule has 1 aliphatic heterocycles. The first-order valence-electron chi connectivity index (χ1n) is 6.16. The van der Waals surface area contributed by atoms with Crippen molar-refractivity contribution >= 4 is 29.9 Å². The third-order valence-electron chi connectivity index (χ3n) is 3.98. The standard InChI is InChI=1S/C13H17NOS2/c15-12(7-13(9-16)3-4-13)14-5-1-11-10(8-14)2-6-17-11/h2,6,16H,1,3-5,7-9H2. The second kappa shape index (κ2) is 4.32. The number of hydrogen-bond acceptors (Lipinski definition) is 3. The van der Waals surface area contributed by atoms with E-state index in [4.69, 9.17) is 0 Å². The van der Waals surface area contributed by atoms with Crippen LogP contribution in [0.15, 0.2) is 11.4 Å². The Morgan fingerprint density at radius 3 is 3.06 bits per heavy atom. The molecule has 1 fully saturated rings. The summed E-state index contributed by atoms with van der Waals surface area (Å²) in [6.07, 6.45) is 4.10. The molecule has 0 aromatic carbocycles. The molecule has 2 nitrogen and oxygen atoms in total. The van der Waals surface area contributed by atoms with Crippen LogP contribution in [0.2, 0.25) is 0 Å². The maximum atomic E-state index is 12.2. The monoisotopic (exact) mass is 267 g/mol. The number of nitrogens with zero attached hydrogens (tertiary/aromatic N) is 1. The van der Waals surface area contributed by atoms with Crippen molar-refractivity contribution in [1.82, 2.24) is 4.90 Å². The van der Waals surface area contributed by atoms with Gasteiger partial charge in [-0.1, -0.05) is 0 Å². The first-order valence-corrected chi connectivity index (χ1v) is 7.68. The van der Waals surface area contributed by atoms with Gasteiger partial charge in [-0.2, -0.15) is 12.6 Å². The maximum Gasteiger partial charge on any atom is 0.223 e. The summed E-state index contributed by atoms with van der Waals surface area (Å²) in [6, 6.07) is 2.16. The van der Waals surface area contributed by atoms with Crippen molar-refractivity contribution < 1.29 is 4.79 Å². The van der Waals surface area contributed by atoms with Crippen molar-refractivity contribution in [2.24, 2.45) is 5.41 Å². The van der Waals surface area contributed by atoms with Gasteiger partial charge < -0.3 is 4.90 Å². The zero-order valence-corrected chi connectivity index (χ0v) is 11.5. The normalized spacial score (nSPS) is 21.1. The van der Waals surface area contributed by atoms with E-state index in [0.717, 1.165) is 25.3 Å². The van der Waals surface area contributed by atoms with Gasteiger partial charge in [0.25, 0.3) is 0 Å². The number of hydrogen-bond donors (Lipinski definition) is 1. The van der Waals surface area contributed by atoms with E-state index in [1.165, 1.54) is 23.3 Å². The summed E-state index contributed by atoms with van der Waals surface area (Å²) in [4.78, 5) is 15.7. The first kappa shape index (κ1) is 11.6. The highest BCUT2D eigenvalue weighted by atomic mass is 32.1. The smallest absolute Gasteiger partial charge is 0.223 e. The minimum atomic E-state index is 0.245. The lowest BCUT2D eigenvalue weighted by Gasteiger charge is -2.28. The molecule has 17 heavy (non-hydrogen) atoms. The summed E-state index contributed by atoms with van der Waals surface area (Å²) in [5.74, 6) is 1.18. The molecule has 0 saturated heterocycles. The lowest BCUT2D eigenvalue weighted by atomic mass is 10.0. The molecule has 4 heteroatoms. The highest BCUT2D eigenvalue weighted by Crippen LogP contribution is 2.50. The van der Waals surface area contributed by atoms with Crippen molar-refractivity contribution in [2.75, 3.05) is 12.3 Å². The van der Waals surface area contributed by atoms with Gasteiger partial charge in [0.2, 0.25) is 5.91 Å². The van der Waals surface area contributed by atoms with Crippen LogP contribution in [0, 0.1) is 5.41 Å². The Morgan fingerprint density at radius 1 is 1.53 bits per heavy atom. The summed E-state index contributed by atoms with van der Waals surface area (Å²) in [5.41, 5.74) is 1.60. The molecule has 0 radical (unpaired) electrons. The Balaban J connectivity index is 1.64. The van der Waals surface area contributed by atoms with Crippen molar-refractivity contribution in [3.05, 3.63) is 21.9 Å². The fraction of sp³-hybridized carbons (Fsp3) is 0.615. The lowest BCUT2D eigenvalue weighted by Crippen LogP contribution is -2.36. The number of carbonyl (C=O) groups is 1. The zero-order valence-electron chi connectivity index (χ0n) is 9.82. The molecule has 0 bridgehead atoms. The number of rotatable bonds is 3. The number of thiophene rings is 1. The van der Waals surface area contributed by atoms with Gasteiger partial charge in [0, 0.05) is 24.4 Å². The number of fused-ring (bicyclic) bond motifs is 1. The molecule has 1 amide bonds. The van der Waals surface area contributed by atoms with Gasteiger partial charge in [-0.15, -0.1) is 11.3 Å². The molecule has 1 aromatic heterocycles. The molecule has 92 valence electrons. The molecule has 0 N–H and O–H groups in total. The van der Waals surface area contributed by atoms with Crippen molar-refractivity contribution in [2.45, 2.75) is 32.2 Å². The molecule has 1 aromatic rings. The van der Waals surface area contributed by atoms with E-state index in [-0.39, 0.29) is 5.41 Å². The van der Waals surface area contributed by atoms with E-state index in [0.29, 0.717) is 12.3 Å². The van der Waals surface area contributed by atoms with E-state index in [1.54, 1.807) is 0 Å². The van der Waals surface area contributed by atoms with Gasteiger partial charge >= 0.3 is 0 Å². The van der Waals surface area contributed by atoms with Gasteiger partial charge in [0.15, 0.2) is 0 Å². The molecule has 0 spiro atoms. The molecule has 0 atom stereocenters. The van der Waals surface area contributed by atoms with Crippen LogP contribution in [0.5, 0.6) is 0 Å². The van der Waals surface area contributed by atoms with Crippen LogP contribution in [-0.4, -0.2) is 23.1 Å². The predicted octanol–water partition coefficient (Wildman–Crippen LogP) is 2.73. The van der Waals surface area contributed by atoms with Crippen LogP contribution >= 0.6 is 24.0 Å². The molecule has 0 unspecified atom stereocenters. The Kier molecular flexibility index (Phi) is 2.95. The van der Waals surface area contributed by atoms with E-state index < -0.39 is 0 Å². The average molecular weight is 267 g/mol. The minimum absolute atomic E-state index is 0.245. The first-order chi connectivity index (χ1) is 8.22. The van der Waals surface area contributed by atoms with Crippen LogP contribution in [0.3, 0.4) is 0 Å². The molecular formula is C13H17NOS2. The van der Waals surface area contributed by atoms with Gasteiger partial charge in [0.1, 0.15) is 0 Å². The lowest BCUT2D eigenvalue weighted by molar-refractivity contribution is -0.133. The molecule has 3 rings (SSSR count). The Hall–Kier alpha value is -0.480. The molecule has 1 aliphatic carbocycles. The molecule has 2 heterocycles. The van der Waals surface area contributed by atoms with E-state index in [2.05, 4.69) is 24.1 Å². The van der Waals surface area contributed by atoms with Gasteiger partial charge in [-0.3, -0.25) is 4.79 Å². The van der Waals surface area contributed by atoms with Gasteiger partial charge in [-0.05, 0) is 47.4 Å². The Bertz CT molecular complexity index is 436. The highest BCUT2D eigenvalue weighted by molar-refractivity contribution is 7.80. The third kappa shape index (κ3) is 2.25. The summed E-state index contributed by atoms with van der Waals surface area (Å²) in [5, 5.41) is 2.13. The predicted molar refractivity (Wildman–Crippen MR) is 73.6 cm³/mol. The summed E-state index contributed by atoms with van der Waals surface area (Å²) >= 11 is 6.19. The summed E-state index contributed by atoms with van der Waals surface area (Å²) < 4.78 is 0. The third-order valence-corrected chi connectivity index (χ3v) is 5.67. The van der Waals surface area contributed by atoms with Crippen LogP contribution in [0.25, 0.3) is 0 Å². The van der Waals surface area contributed by atoms with Crippen molar-refractivity contribution in [3.8, 4) is 0 Å². The Morgan fingerprint density at radius 2 is 2.35 bits per heavy atom. The minimum Gasteiger partial charge on any atom is -0.338 e. The van der Waals surface area contributed by atoms with Crippen molar-refractivity contribution in [3.63, 3.8) is 0 Å².